The highest BCUT2D eigenvalue weighted by molar-refractivity contribution is 7.10. The fraction of sp³-hybridized carbons (Fsp3) is 0.368. The third-order valence-corrected chi connectivity index (χ3v) is 4.80. The van der Waals surface area contributed by atoms with Gasteiger partial charge in [0.2, 0.25) is 0 Å². The molecule has 0 bridgehead atoms. The van der Waals surface area contributed by atoms with Crippen molar-refractivity contribution >= 4 is 23.7 Å². The van der Waals surface area contributed by atoms with E-state index in [0.29, 0.717) is 12.4 Å². The highest BCUT2D eigenvalue weighted by Crippen LogP contribution is 2.35. The number of nitrogens with zero attached hydrogens (tertiary/aromatic N) is 1. The summed E-state index contributed by atoms with van der Waals surface area (Å²) >= 11 is 1.74. The number of carbonyl (C=O) groups is 2. The minimum absolute atomic E-state index is 0.180. The van der Waals surface area contributed by atoms with Crippen molar-refractivity contribution in [3.63, 3.8) is 0 Å². The molecule has 0 radical (unpaired) electrons. The number of hydrogen-bond donors (Lipinski definition) is 0. The number of benzene rings is 1. The topological polar surface area (TPSA) is 46.6 Å². The molecule has 1 aromatic heterocycles. The van der Waals surface area contributed by atoms with Gasteiger partial charge in [-0.2, -0.15) is 0 Å². The molecule has 1 aromatic carbocycles. The van der Waals surface area contributed by atoms with E-state index in [9.17, 15) is 4.79 Å². The fourth-order valence-electron chi connectivity index (χ4n) is 2.86. The highest BCUT2D eigenvalue weighted by atomic mass is 32.1. The lowest BCUT2D eigenvalue weighted by Gasteiger charge is -2.37. The van der Waals surface area contributed by atoms with Crippen LogP contribution in [0.25, 0.3) is 0 Å². The Hall–Kier alpha value is -2.14. The number of rotatable bonds is 4. The van der Waals surface area contributed by atoms with Crippen molar-refractivity contribution in [2.75, 3.05) is 13.7 Å². The average Bonchev–Trinajstić information content (AvgIpc) is 3.11. The first-order valence-electron chi connectivity index (χ1n) is 7.97. The lowest BCUT2D eigenvalue weighted by molar-refractivity contribution is -0.126. The van der Waals surface area contributed by atoms with Crippen LogP contribution < -0.4 is 0 Å². The fourth-order valence-corrected chi connectivity index (χ4v) is 3.70. The average molecular weight is 345 g/mol. The molecule has 128 valence electrons. The van der Waals surface area contributed by atoms with Crippen LogP contribution in [0, 0.1) is 5.92 Å². The van der Waals surface area contributed by atoms with Crippen molar-refractivity contribution in [2.24, 2.45) is 5.92 Å². The monoisotopic (exact) mass is 345 g/mol. The summed E-state index contributed by atoms with van der Waals surface area (Å²) in [6, 6.07) is 12.4. The summed E-state index contributed by atoms with van der Waals surface area (Å²) < 4.78 is 3.86. The molecule has 1 aliphatic rings. The smallest absolute Gasteiger partial charge is 0.292 e. The van der Waals surface area contributed by atoms with E-state index in [2.05, 4.69) is 47.1 Å². The maximum absolute atomic E-state index is 12.8. The number of amides is 1. The number of ether oxygens (including phenoxy) is 1. The van der Waals surface area contributed by atoms with Gasteiger partial charge >= 0.3 is 0 Å². The molecule has 0 spiro atoms. The number of methoxy groups -OCH3 is 1. The Morgan fingerprint density at radius 3 is 2.58 bits per heavy atom. The molecule has 24 heavy (non-hydrogen) atoms. The molecule has 4 nitrogen and oxygen atoms in total. The van der Waals surface area contributed by atoms with Crippen LogP contribution in [0.5, 0.6) is 0 Å². The summed E-state index contributed by atoms with van der Waals surface area (Å²) in [5.74, 6) is 0.658. The second-order valence-corrected chi connectivity index (χ2v) is 7.06. The van der Waals surface area contributed by atoms with Gasteiger partial charge in [-0.3, -0.25) is 9.59 Å². The Morgan fingerprint density at radius 1 is 1.29 bits per heavy atom. The summed E-state index contributed by atoms with van der Waals surface area (Å²) in [4.78, 5) is 25.1. The van der Waals surface area contributed by atoms with Gasteiger partial charge in [-0.25, -0.2) is 0 Å². The Balaban J connectivity index is 0.000000471. The van der Waals surface area contributed by atoms with E-state index in [4.69, 9.17) is 4.79 Å². The van der Waals surface area contributed by atoms with E-state index in [-0.39, 0.29) is 11.9 Å². The zero-order valence-electron chi connectivity index (χ0n) is 14.3. The van der Waals surface area contributed by atoms with Crippen LogP contribution in [0.4, 0.5) is 0 Å². The first-order valence-corrected chi connectivity index (χ1v) is 8.85. The molecular weight excluding hydrogens is 322 g/mol. The largest absolute Gasteiger partial charge is 0.471 e. The van der Waals surface area contributed by atoms with Crippen molar-refractivity contribution in [1.29, 1.82) is 0 Å². The molecule has 1 unspecified atom stereocenters. The Morgan fingerprint density at radius 2 is 2.00 bits per heavy atom. The SMILES string of the molecule is CC(C)CN1C(=O)c2ccccc2CC1c1cccs1.COC=O. The first kappa shape index (κ1) is 18.2. The van der Waals surface area contributed by atoms with Gasteiger partial charge in [0.25, 0.3) is 12.4 Å². The third kappa shape index (κ3) is 4.23. The predicted molar refractivity (Wildman–Crippen MR) is 96.2 cm³/mol. The maximum atomic E-state index is 12.8. The van der Waals surface area contributed by atoms with Gasteiger partial charge < -0.3 is 9.64 Å². The zero-order chi connectivity index (χ0) is 17.5. The van der Waals surface area contributed by atoms with Gasteiger partial charge in [0.1, 0.15) is 0 Å². The first-order chi connectivity index (χ1) is 11.6. The second-order valence-electron chi connectivity index (χ2n) is 6.08. The molecule has 1 atom stereocenters. The highest BCUT2D eigenvalue weighted by Gasteiger charge is 2.33. The van der Waals surface area contributed by atoms with E-state index in [1.54, 1.807) is 11.3 Å². The molecule has 2 aromatic rings. The summed E-state index contributed by atoms with van der Waals surface area (Å²) in [6.07, 6.45) is 0.926. The lowest BCUT2D eigenvalue weighted by Crippen LogP contribution is -2.42. The third-order valence-electron chi connectivity index (χ3n) is 3.83. The molecule has 5 heteroatoms. The minimum Gasteiger partial charge on any atom is -0.471 e. The Labute approximate surface area is 147 Å². The zero-order valence-corrected chi connectivity index (χ0v) is 15.1. The molecular formula is C19H23NO3S. The van der Waals surface area contributed by atoms with E-state index < -0.39 is 0 Å². The Bertz CT molecular complexity index is 667. The maximum Gasteiger partial charge on any atom is 0.292 e. The normalized spacial score (nSPS) is 16.2. The standard InChI is InChI=1S/C17H19NOS.C2H4O2/c1-12(2)11-18-15(16-8-5-9-20-16)10-13-6-3-4-7-14(13)17(18)19;1-4-2-3/h3-9,12,15H,10-11H2,1-2H3;2H,1H3. The van der Waals surface area contributed by atoms with Crippen LogP contribution in [0.2, 0.25) is 0 Å². The number of thiophene rings is 1. The van der Waals surface area contributed by atoms with Crippen LogP contribution >= 0.6 is 11.3 Å². The summed E-state index contributed by atoms with van der Waals surface area (Å²) in [6.45, 7) is 5.52. The number of fused-ring (bicyclic) bond motifs is 1. The van der Waals surface area contributed by atoms with Gasteiger partial charge in [-0.1, -0.05) is 38.1 Å². The summed E-state index contributed by atoms with van der Waals surface area (Å²) in [5.41, 5.74) is 2.05. The van der Waals surface area contributed by atoms with E-state index in [1.807, 2.05) is 18.2 Å². The van der Waals surface area contributed by atoms with Gasteiger partial charge in [0.15, 0.2) is 0 Å². The Kier molecular flexibility index (Phi) is 6.55. The molecule has 1 amide bonds. The van der Waals surface area contributed by atoms with E-state index >= 15 is 0 Å². The predicted octanol–water partition coefficient (Wildman–Crippen LogP) is 3.93. The summed E-state index contributed by atoms with van der Waals surface area (Å²) in [5, 5.41) is 2.09. The second kappa shape index (κ2) is 8.64. The van der Waals surface area contributed by atoms with Crippen LogP contribution in [0.1, 0.15) is 40.7 Å². The van der Waals surface area contributed by atoms with Crippen LogP contribution in [-0.4, -0.2) is 30.9 Å². The van der Waals surface area contributed by atoms with Crippen molar-refractivity contribution in [3.8, 4) is 0 Å². The molecule has 0 aliphatic carbocycles. The molecule has 1 aliphatic heterocycles. The quantitative estimate of drug-likeness (QED) is 0.789. The molecule has 0 fully saturated rings. The van der Waals surface area contributed by atoms with Gasteiger partial charge in [-0.05, 0) is 35.4 Å². The molecule has 0 N–H and O–H groups in total. The van der Waals surface area contributed by atoms with Gasteiger partial charge in [0.05, 0.1) is 13.2 Å². The molecule has 3 rings (SSSR count). The van der Waals surface area contributed by atoms with Crippen molar-refractivity contribution in [2.45, 2.75) is 26.3 Å². The van der Waals surface area contributed by atoms with E-state index in [0.717, 1.165) is 18.5 Å². The summed E-state index contributed by atoms with van der Waals surface area (Å²) in [7, 11) is 1.31. The molecule has 0 saturated heterocycles. The van der Waals surface area contributed by atoms with Crippen molar-refractivity contribution < 1.29 is 14.3 Å². The van der Waals surface area contributed by atoms with Crippen LogP contribution in [-0.2, 0) is 16.0 Å². The van der Waals surface area contributed by atoms with E-state index in [1.165, 1.54) is 17.6 Å². The molecule has 2 heterocycles. The van der Waals surface area contributed by atoms with Gasteiger partial charge in [-0.15, -0.1) is 11.3 Å². The molecule has 0 saturated carbocycles. The van der Waals surface area contributed by atoms with Crippen molar-refractivity contribution in [3.05, 3.63) is 57.8 Å². The van der Waals surface area contributed by atoms with Crippen LogP contribution in [0.3, 0.4) is 0 Å². The van der Waals surface area contributed by atoms with Crippen molar-refractivity contribution in [1.82, 2.24) is 4.90 Å². The lowest BCUT2D eigenvalue weighted by atomic mass is 9.92. The van der Waals surface area contributed by atoms with Crippen LogP contribution in [0.15, 0.2) is 41.8 Å². The number of carbonyl (C=O) groups excluding carboxylic acids is 2. The number of hydrogen-bond acceptors (Lipinski definition) is 4. The minimum atomic E-state index is 0.180. The van der Waals surface area contributed by atoms with Gasteiger partial charge in [0, 0.05) is 17.0 Å².